The maximum atomic E-state index is 13.2. The van der Waals surface area contributed by atoms with Crippen LogP contribution in [0.15, 0.2) is 35.5 Å². The highest BCUT2D eigenvalue weighted by molar-refractivity contribution is 7.92. The van der Waals surface area contributed by atoms with E-state index in [4.69, 9.17) is 0 Å². The van der Waals surface area contributed by atoms with Crippen LogP contribution < -0.4 is 10.0 Å². The monoisotopic (exact) mass is 482 g/mol. The summed E-state index contributed by atoms with van der Waals surface area (Å²) in [6.07, 6.45) is -8.14. The first-order valence-corrected chi connectivity index (χ1v) is 10.7. The number of hydrogen-bond donors (Lipinski definition) is 2. The molecule has 1 heterocycles. The van der Waals surface area contributed by atoms with Crippen LogP contribution in [-0.2, 0) is 23.2 Å². The fourth-order valence-corrected chi connectivity index (χ4v) is 5.33. The minimum Gasteiger partial charge on any atom is -0.346 e. The molecule has 1 amide bonds. The Morgan fingerprint density at radius 1 is 1.12 bits per heavy atom. The fourth-order valence-electron chi connectivity index (χ4n) is 4.27. The van der Waals surface area contributed by atoms with E-state index in [1.165, 1.54) is 7.05 Å². The van der Waals surface area contributed by atoms with E-state index >= 15 is 0 Å². The zero-order valence-electron chi connectivity index (χ0n) is 16.3. The van der Waals surface area contributed by atoms with Crippen LogP contribution in [0.2, 0.25) is 0 Å². The van der Waals surface area contributed by atoms with Crippen molar-refractivity contribution in [2.75, 3.05) is 4.72 Å². The van der Waals surface area contributed by atoms with Crippen LogP contribution in [-0.4, -0.2) is 35.8 Å². The normalized spacial score (nSPS) is 25.0. The van der Waals surface area contributed by atoms with Crippen LogP contribution in [0, 0.1) is 5.41 Å². The summed E-state index contributed by atoms with van der Waals surface area (Å²) in [4.78, 5) is 12.4. The SMILES string of the molecule is Cn1cc(S(=O)(=O)Nc2cc(C(F)(F)F)ccc2C(=O)NC23CC(C(F)(F)F)(C2)C3)cn1. The molecule has 0 aliphatic heterocycles. The number of anilines is 1. The Labute approximate surface area is 177 Å². The summed E-state index contributed by atoms with van der Waals surface area (Å²) in [5.74, 6) is -0.974. The molecular formula is C18H16F6N4O3S. The van der Waals surface area contributed by atoms with E-state index in [0.717, 1.165) is 23.1 Å². The van der Waals surface area contributed by atoms with Crippen LogP contribution >= 0.6 is 0 Å². The molecule has 7 nitrogen and oxygen atoms in total. The van der Waals surface area contributed by atoms with Gasteiger partial charge in [-0.3, -0.25) is 14.2 Å². The summed E-state index contributed by atoms with van der Waals surface area (Å²) in [5.41, 5.74) is -5.26. The van der Waals surface area contributed by atoms with Gasteiger partial charge in [-0.1, -0.05) is 0 Å². The van der Waals surface area contributed by atoms with Gasteiger partial charge in [-0.05, 0) is 37.5 Å². The standard InChI is InChI=1S/C18H16F6N4O3S/c1-28-6-11(5-25-28)32(30,31)27-13-4-10(17(19,20)21)2-3-12(13)14(29)26-16-7-15(8-16,9-16)18(22,23)24/h2-6,27H,7-9H2,1H3,(H,26,29). The molecule has 0 spiro atoms. The molecule has 2 aromatic rings. The number of hydrogen-bond acceptors (Lipinski definition) is 4. The molecule has 1 aromatic carbocycles. The second-order valence-corrected chi connectivity index (χ2v) is 9.94. The molecule has 2 N–H and O–H groups in total. The van der Waals surface area contributed by atoms with Gasteiger partial charge < -0.3 is 5.32 Å². The van der Waals surface area contributed by atoms with E-state index in [9.17, 15) is 39.6 Å². The maximum Gasteiger partial charge on any atom is 0.416 e. The van der Waals surface area contributed by atoms with E-state index in [1.807, 2.05) is 4.72 Å². The number of amides is 1. The second kappa shape index (κ2) is 6.62. The van der Waals surface area contributed by atoms with Gasteiger partial charge in [0.2, 0.25) is 0 Å². The van der Waals surface area contributed by atoms with Gasteiger partial charge in [0.1, 0.15) is 4.90 Å². The van der Waals surface area contributed by atoms with E-state index in [1.54, 1.807) is 0 Å². The summed E-state index contributed by atoms with van der Waals surface area (Å²) in [6, 6.07) is 1.84. The van der Waals surface area contributed by atoms with E-state index < -0.39 is 56.1 Å². The van der Waals surface area contributed by atoms with Crippen molar-refractivity contribution in [2.24, 2.45) is 12.5 Å². The maximum absolute atomic E-state index is 13.2. The summed E-state index contributed by atoms with van der Waals surface area (Å²) >= 11 is 0. The van der Waals surface area contributed by atoms with Crippen molar-refractivity contribution in [3.05, 3.63) is 41.7 Å². The third-order valence-electron chi connectivity index (χ3n) is 5.84. The molecule has 0 saturated heterocycles. The molecule has 1 aromatic heterocycles. The van der Waals surface area contributed by atoms with Gasteiger partial charge in [0.15, 0.2) is 0 Å². The lowest BCUT2D eigenvalue weighted by molar-refractivity contribution is -0.336. The number of benzene rings is 1. The Kier molecular flexibility index (Phi) is 4.64. The fraction of sp³-hybridized carbons (Fsp3) is 0.444. The highest BCUT2D eigenvalue weighted by atomic mass is 32.2. The molecular weight excluding hydrogens is 466 g/mol. The van der Waals surface area contributed by atoms with Crippen molar-refractivity contribution >= 4 is 21.6 Å². The quantitative estimate of drug-likeness (QED) is 0.639. The average Bonchev–Trinajstić information content (AvgIpc) is 3.01. The molecule has 2 bridgehead atoms. The lowest BCUT2D eigenvalue weighted by atomic mass is 9.39. The first kappa shape index (κ1) is 22.4. The van der Waals surface area contributed by atoms with Gasteiger partial charge in [-0.25, -0.2) is 8.42 Å². The molecule has 174 valence electrons. The molecule has 3 aliphatic carbocycles. The van der Waals surface area contributed by atoms with Crippen molar-refractivity contribution in [1.82, 2.24) is 15.1 Å². The Hall–Kier alpha value is -2.77. The third-order valence-corrected chi connectivity index (χ3v) is 7.16. The molecule has 3 aliphatic rings. The van der Waals surface area contributed by atoms with E-state index in [0.29, 0.717) is 12.1 Å². The lowest BCUT2D eigenvalue weighted by Gasteiger charge is -2.70. The molecule has 32 heavy (non-hydrogen) atoms. The third kappa shape index (κ3) is 3.59. The van der Waals surface area contributed by atoms with Crippen LogP contribution in [0.1, 0.15) is 35.2 Å². The lowest BCUT2D eigenvalue weighted by Crippen LogP contribution is -2.78. The van der Waals surface area contributed by atoms with Gasteiger partial charge in [0, 0.05) is 18.8 Å². The number of carbonyl (C=O) groups is 1. The summed E-state index contributed by atoms with van der Waals surface area (Å²) < 4.78 is 107. The number of aromatic nitrogens is 2. The summed E-state index contributed by atoms with van der Waals surface area (Å²) in [7, 11) is -2.96. The van der Waals surface area contributed by atoms with E-state index in [-0.39, 0.29) is 24.2 Å². The molecule has 3 saturated carbocycles. The van der Waals surface area contributed by atoms with Crippen molar-refractivity contribution in [3.8, 4) is 0 Å². The van der Waals surface area contributed by atoms with Crippen LogP contribution in [0.5, 0.6) is 0 Å². The summed E-state index contributed by atoms with van der Waals surface area (Å²) in [5, 5.41) is 6.11. The van der Waals surface area contributed by atoms with Crippen LogP contribution in [0.25, 0.3) is 0 Å². The first-order chi connectivity index (χ1) is 14.6. The molecule has 0 atom stereocenters. The molecule has 5 rings (SSSR count). The zero-order chi connectivity index (χ0) is 23.7. The highest BCUT2D eigenvalue weighted by Crippen LogP contribution is 2.73. The smallest absolute Gasteiger partial charge is 0.346 e. The number of sulfonamides is 1. The van der Waals surface area contributed by atoms with Crippen molar-refractivity contribution < 1.29 is 39.6 Å². The van der Waals surface area contributed by atoms with Gasteiger partial charge in [-0.2, -0.15) is 31.4 Å². The van der Waals surface area contributed by atoms with Crippen molar-refractivity contribution in [1.29, 1.82) is 0 Å². The largest absolute Gasteiger partial charge is 0.416 e. The second-order valence-electron chi connectivity index (χ2n) is 8.26. The zero-order valence-corrected chi connectivity index (χ0v) is 17.1. The minimum atomic E-state index is -4.82. The van der Waals surface area contributed by atoms with Gasteiger partial charge in [-0.15, -0.1) is 0 Å². The highest BCUT2D eigenvalue weighted by Gasteiger charge is 2.79. The average molecular weight is 482 g/mol. The molecule has 14 heteroatoms. The number of halogens is 6. The molecule has 0 unspecified atom stereocenters. The van der Waals surface area contributed by atoms with E-state index in [2.05, 4.69) is 10.4 Å². The van der Waals surface area contributed by atoms with Gasteiger partial charge >= 0.3 is 12.4 Å². The summed E-state index contributed by atoms with van der Waals surface area (Å²) in [6.45, 7) is 0. The Balaban J connectivity index is 1.62. The number of carbonyl (C=O) groups excluding carboxylic acids is 1. The van der Waals surface area contributed by atoms with Gasteiger partial charge in [0.05, 0.1) is 28.4 Å². The Morgan fingerprint density at radius 2 is 1.75 bits per heavy atom. The predicted octanol–water partition coefficient (Wildman–Crippen LogP) is 3.45. The predicted molar refractivity (Wildman–Crippen MR) is 98.0 cm³/mol. The van der Waals surface area contributed by atoms with Gasteiger partial charge in [0.25, 0.3) is 15.9 Å². The number of alkyl halides is 6. The molecule has 3 fully saturated rings. The minimum absolute atomic E-state index is 0.327. The molecule has 0 radical (unpaired) electrons. The Morgan fingerprint density at radius 3 is 2.25 bits per heavy atom. The first-order valence-electron chi connectivity index (χ1n) is 9.18. The number of rotatable bonds is 5. The van der Waals surface area contributed by atoms with Crippen LogP contribution in [0.3, 0.4) is 0 Å². The van der Waals surface area contributed by atoms with Crippen molar-refractivity contribution in [3.63, 3.8) is 0 Å². The topological polar surface area (TPSA) is 93.1 Å². The number of aryl methyl sites for hydroxylation is 1. The van der Waals surface area contributed by atoms with Crippen molar-refractivity contribution in [2.45, 2.75) is 42.0 Å². The number of nitrogens with one attached hydrogen (secondary N) is 2. The van der Waals surface area contributed by atoms with Crippen LogP contribution in [0.4, 0.5) is 32.0 Å². The number of nitrogens with zero attached hydrogens (tertiary/aromatic N) is 2. The Bertz CT molecular complexity index is 1180.